The van der Waals surface area contributed by atoms with Crippen molar-refractivity contribution < 1.29 is 0 Å². The zero-order chi connectivity index (χ0) is 11.3. The van der Waals surface area contributed by atoms with Crippen LogP contribution in [0.2, 0.25) is 0 Å². The van der Waals surface area contributed by atoms with Gasteiger partial charge in [-0.2, -0.15) is 0 Å². The molecular weight excluding hydrogens is 200 g/mol. The summed E-state index contributed by atoms with van der Waals surface area (Å²) in [5.74, 6) is 1.14. The molecule has 0 heterocycles. The second-order valence-electron chi connectivity index (χ2n) is 4.76. The van der Waals surface area contributed by atoms with Crippen LogP contribution in [0, 0.1) is 12.3 Å². The van der Waals surface area contributed by atoms with E-state index in [9.17, 15) is 0 Å². The van der Waals surface area contributed by atoms with Crippen molar-refractivity contribution in [3.63, 3.8) is 0 Å². The number of thioether (sulfide) groups is 1. The Morgan fingerprint density at radius 1 is 1.27 bits per heavy atom. The topological polar surface area (TPSA) is 0 Å². The van der Waals surface area contributed by atoms with Crippen molar-refractivity contribution in [2.45, 2.75) is 32.1 Å². The Balaban J connectivity index is 2.49. The maximum Gasteiger partial charge on any atom is 0.00723 e. The summed E-state index contributed by atoms with van der Waals surface area (Å²) < 4.78 is 0. The van der Waals surface area contributed by atoms with E-state index in [2.05, 4.69) is 51.6 Å². The summed E-state index contributed by atoms with van der Waals surface area (Å²) in [7, 11) is 0. The Labute approximate surface area is 97.8 Å². The summed E-state index contributed by atoms with van der Waals surface area (Å²) in [5.41, 5.74) is 1.67. The van der Waals surface area contributed by atoms with Crippen molar-refractivity contribution in [2.24, 2.45) is 5.41 Å². The fourth-order valence-corrected chi connectivity index (χ4v) is 2.37. The molecule has 0 radical (unpaired) electrons. The van der Waals surface area contributed by atoms with Crippen LogP contribution < -0.4 is 0 Å². The standard InChI is InChI=1S/C14H20S/c1-5-10-14(3,4)11-15-13-8-6-12(2)7-9-13/h5-9H,1,10-11H2,2-4H3. The highest BCUT2D eigenvalue weighted by Gasteiger charge is 2.15. The molecule has 0 fully saturated rings. The minimum absolute atomic E-state index is 0.345. The third-order valence-electron chi connectivity index (χ3n) is 2.35. The first-order chi connectivity index (χ1) is 7.03. The third kappa shape index (κ3) is 4.57. The molecule has 0 nitrogen and oxygen atoms in total. The second kappa shape index (κ2) is 5.41. The molecule has 0 N–H and O–H groups in total. The van der Waals surface area contributed by atoms with Gasteiger partial charge in [-0.3, -0.25) is 0 Å². The van der Waals surface area contributed by atoms with E-state index in [4.69, 9.17) is 0 Å². The summed E-state index contributed by atoms with van der Waals surface area (Å²) in [6.45, 7) is 10.5. The minimum atomic E-state index is 0.345. The van der Waals surface area contributed by atoms with Gasteiger partial charge >= 0.3 is 0 Å². The van der Waals surface area contributed by atoms with Crippen molar-refractivity contribution in [1.82, 2.24) is 0 Å². The van der Waals surface area contributed by atoms with Gasteiger partial charge in [0.15, 0.2) is 0 Å². The van der Waals surface area contributed by atoms with E-state index < -0.39 is 0 Å². The molecule has 82 valence electrons. The molecule has 0 bridgehead atoms. The normalized spacial score (nSPS) is 11.4. The second-order valence-corrected chi connectivity index (χ2v) is 5.81. The molecule has 1 aromatic rings. The van der Waals surface area contributed by atoms with Gasteiger partial charge in [-0.25, -0.2) is 0 Å². The average Bonchev–Trinajstić information content (AvgIpc) is 2.17. The molecule has 1 heteroatoms. The van der Waals surface area contributed by atoms with E-state index in [1.54, 1.807) is 0 Å². The highest BCUT2D eigenvalue weighted by Crippen LogP contribution is 2.30. The Morgan fingerprint density at radius 2 is 1.87 bits per heavy atom. The molecule has 1 aromatic carbocycles. The lowest BCUT2D eigenvalue weighted by molar-refractivity contribution is 0.431. The number of rotatable bonds is 5. The zero-order valence-corrected chi connectivity index (χ0v) is 10.7. The summed E-state index contributed by atoms with van der Waals surface area (Å²) in [5, 5.41) is 0. The lowest BCUT2D eigenvalue weighted by Crippen LogP contribution is -2.13. The van der Waals surface area contributed by atoms with Gasteiger partial charge in [-0.15, -0.1) is 18.3 Å². The van der Waals surface area contributed by atoms with Gasteiger partial charge in [-0.05, 0) is 30.9 Å². The molecule has 0 aliphatic heterocycles. The molecule has 0 spiro atoms. The van der Waals surface area contributed by atoms with Gasteiger partial charge in [0.25, 0.3) is 0 Å². The summed E-state index contributed by atoms with van der Waals surface area (Å²) in [6.07, 6.45) is 3.08. The van der Waals surface area contributed by atoms with Gasteiger partial charge in [0.2, 0.25) is 0 Å². The lowest BCUT2D eigenvalue weighted by atomic mass is 9.92. The molecule has 0 aromatic heterocycles. The maximum absolute atomic E-state index is 3.80. The first-order valence-corrected chi connectivity index (χ1v) is 6.32. The monoisotopic (exact) mass is 220 g/mol. The molecule has 0 aliphatic carbocycles. The van der Waals surface area contributed by atoms with Gasteiger partial charge in [0, 0.05) is 10.6 Å². The van der Waals surface area contributed by atoms with Gasteiger partial charge in [-0.1, -0.05) is 37.6 Å². The van der Waals surface area contributed by atoms with Gasteiger partial charge < -0.3 is 0 Å². The van der Waals surface area contributed by atoms with Crippen molar-refractivity contribution in [2.75, 3.05) is 5.75 Å². The van der Waals surface area contributed by atoms with Crippen molar-refractivity contribution in [1.29, 1.82) is 0 Å². The highest BCUT2D eigenvalue weighted by molar-refractivity contribution is 7.99. The van der Waals surface area contributed by atoms with E-state index in [1.165, 1.54) is 10.5 Å². The Hall–Kier alpha value is -0.690. The van der Waals surface area contributed by atoms with Crippen molar-refractivity contribution >= 4 is 11.8 Å². The number of hydrogen-bond donors (Lipinski definition) is 0. The van der Waals surface area contributed by atoms with Gasteiger partial charge in [0.1, 0.15) is 0 Å². The van der Waals surface area contributed by atoms with Crippen LogP contribution in [0.4, 0.5) is 0 Å². The molecular formula is C14H20S. The number of benzene rings is 1. The van der Waals surface area contributed by atoms with Crippen LogP contribution in [-0.4, -0.2) is 5.75 Å². The predicted molar refractivity (Wildman–Crippen MR) is 70.5 cm³/mol. The number of hydrogen-bond acceptors (Lipinski definition) is 1. The molecule has 0 atom stereocenters. The van der Waals surface area contributed by atoms with E-state index in [1.807, 2.05) is 17.8 Å². The van der Waals surface area contributed by atoms with E-state index >= 15 is 0 Å². The molecule has 0 unspecified atom stereocenters. The minimum Gasteiger partial charge on any atom is -0.126 e. The maximum atomic E-state index is 3.80. The van der Waals surface area contributed by atoms with Crippen molar-refractivity contribution in [3.05, 3.63) is 42.5 Å². The van der Waals surface area contributed by atoms with Crippen LogP contribution in [0.15, 0.2) is 41.8 Å². The Morgan fingerprint density at radius 3 is 2.40 bits per heavy atom. The summed E-state index contributed by atoms with van der Waals surface area (Å²) in [4.78, 5) is 1.36. The summed E-state index contributed by atoms with van der Waals surface area (Å²) in [6, 6.07) is 8.74. The molecule has 0 saturated carbocycles. The molecule has 0 saturated heterocycles. The Bertz CT molecular complexity index is 309. The number of aryl methyl sites for hydroxylation is 1. The van der Waals surface area contributed by atoms with Crippen molar-refractivity contribution in [3.8, 4) is 0 Å². The fraction of sp³-hybridized carbons (Fsp3) is 0.429. The van der Waals surface area contributed by atoms with Crippen LogP contribution in [-0.2, 0) is 0 Å². The Kier molecular flexibility index (Phi) is 4.46. The van der Waals surface area contributed by atoms with Crippen LogP contribution >= 0.6 is 11.8 Å². The predicted octanol–water partition coefficient (Wildman–Crippen LogP) is 4.69. The SMILES string of the molecule is C=CCC(C)(C)CSc1ccc(C)cc1. The zero-order valence-electron chi connectivity index (χ0n) is 9.92. The molecule has 0 amide bonds. The van der Waals surface area contributed by atoms with Gasteiger partial charge in [0.05, 0.1) is 0 Å². The van der Waals surface area contributed by atoms with E-state index in [0.29, 0.717) is 5.41 Å². The number of allylic oxidation sites excluding steroid dienone is 1. The fourth-order valence-electron chi connectivity index (χ4n) is 1.36. The highest BCUT2D eigenvalue weighted by atomic mass is 32.2. The quantitative estimate of drug-likeness (QED) is 0.512. The van der Waals surface area contributed by atoms with Crippen LogP contribution in [0.1, 0.15) is 25.8 Å². The first kappa shape index (κ1) is 12.4. The van der Waals surface area contributed by atoms with Crippen LogP contribution in [0.25, 0.3) is 0 Å². The average molecular weight is 220 g/mol. The van der Waals surface area contributed by atoms with Crippen LogP contribution in [0.5, 0.6) is 0 Å². The van der Waals surface area contributed by atoms with E-state index in [-0.39, 0.29) is 0 Å². The molecule has 15 heavy (non-hydrogen) atoms. The van der Waals surface area contributed by atoms with Crippen LogP contribution in [0.3, 0.4) is 0 Å². The molecule has 0 aliphatic rings. The lowest BCUT2D eigenvalue weighted by Gasteiger charge is -2.22. The van der Waals surface area contributed by atoms with E-state index in [0.717, 1.165) is 12.2 Å². The largest absolute Gasteiger partial charge is 0.126 e. The first-order valence-electron chi connectivity index (χ1n) is 5.34. The summed E-state index contributed by atoms with van der Waals surface area (Å²) >= 11 is 1.93. The third-order valence-corrected chi connectivity index (χ3v) is 3.88. The molecule has 1 rings (SSSR count). The smallest absolute Gasteiger partial charge is 0.00723 e.